The molecule has 0 N–H and O–H groups in total. The van der Waals surface area contributed by atoms with Crippen molar-refractivity contribution in [1.29, 1.82) is 0 Å². The van der Waals surface area contributed by atoms with Crippen molar-refractivity contribution in [3.8, 4) is 0 Å². The third kappa shape index (κ3) is 3.32. The first kappa shape index (κ1) is 13.1. The van der Waals surface area contributed by atoms with Crippen LogP contribution in [0.25, 0.3) is 10.8 Å². The topological polar surface area (TPSA) is 12.9 Å². The quantitative estimate of drug-likeness (QED) is 0.685. The van der Waals surface area contributed by atoms with Crippen LogP contribution in [-0.2, 0) is 6.42 Å². The number of pyridine rings is 1. The number of hydrogen-bond donors (Lipinski definition) is 0. The average molecular weight is 241 g/mol. The summed E-state index contributed by atoms with van der Waals surface area (Å²) < 4.78 is 0. The lowest BCUT2D eigenvalue weighted by molar-refractivity contribution is 0.612. The summed E-state index contributed by atoms with van der Waals surface area (Å²) >= 11 is 0. The van der Waals surface area contributed by atoms with Gasteiger partial charge in [-0.15, -0.1) is 0 Å². The summed E-state index contributed by atoms with van der Waals surface area (Å²) in [5.74, 6) is 1.05. The highest BCUT2D eigenvalue weighted by Crippen LogP contribution is 2.23. The molecule has 0 saturated heterocycles. The molecular weight excluding hydrogens is 218 g/mol. The number of fused-ring (bicyclic) bond motifs is 1. The number of benzene rings is 1. The zero-order valence-electron chi connectivity index (χ0n) is 11.5. The van der Waals surface area contributed by atoms with Gasteiger partial charge in [0.1, 0.15) is 0 Å². The van der Waals surface area contributed by atoms with Crippen LogP contribution in [0, 0.1) is 5.92 Å². The molecule has 2 aromatic rings. The minimum Gasteiger partial charge on any atom is -0.264 e. The summed E-state index contributed by atoms with van der Waals surface area (Å²) in [4.78, 5) is 4.09. The van der Waals surface area contributed by atoms with Crippen molar-refractivity contribution in [2.24, 2.45) is 5.92 Å². The molecule has 3 rings (SSSR count). The first-order valence-electron chi connectivity index (χ1n) is 7.13. The van der Waals surface area contributed by atoms with E-state index < -0.39 is 0 Å². The van der Waals surface area contributed by atoms with Gasteiger partial charge in [0, 0.05) is 17.8 Å². The van der Waals surface area contributed by atoms with E-state index in [1.807, 2.05) is 12.4 Å². The van der Waals surface area contributed by atoms with E-state index in [0.29, 0.717) is 0 Å². The second-order valence-corrected chi connectivity index (χ2v) is 5.26. The van der Waals surface area contributed by atoms with E-state index in [9.17, 15) is 0 Å². The second kappa shape index (κ2) is 6.53. The van der Waals surface area contributed by atoms with Crippen molar-refractivity contribution in [1.82, 2.24) is 4.98 Å². The highest BCUT2D eigenvalue weighted by molar-refractivity contribution is 5.84. The Labute approximate surface area is 110 Å². The van der Waals surface area contributed by atoms with Gasteiger partial charge in [-0.25, -0.2) is 0 Å². The van der Waals surface area contributed by atoms with Crippen molar-refractivity contribution in [2.75, 3.05) is 0 Å². The van der Waals surface area contributed by atoms with Crippen LogP contribution < -0.4 is 0 Å². The molecule has 1 aliphatic carbocycles. The van der Waals surface area contributed by atoms with E-state index in [4.69, 9.17) is 0 Å². The maximum Gasteiger partial charge on any atom is 0.0346 e. The van der Waals surface area contributed by atoms with E-state index in [1.54, 1.807) is 0 Å². The van der Waals surface area contributed by atoms with Crippen LogP contribution in [-0.4, -0.2) is 4.98 Å². The van der Waals surface area contributed by atoms with E-state index in [-0.39, 0.29) is 0 Å². The minimum atomic E-state index is 1.05. The Bertz CT molecular complexity index is 478. The van der Waals surface area contributed by atoms with Gasteiger partial charge in [-0.2, -0.15) is 0 Å². The summed E-state index contributed by atoms with van der Waals surface area (Å²) in [6.45, 7) is 4.52. The molecule has 1 aliphatic rings. The molecule has 0 bridgehead atoms. The van der Waals surface area contributed by atoms with Crippen LogP contribution in [0.4, 0.5) is 0 Å². The Morgan fingerprint density at radius 3 is 2.56 bits per heavy atom. The smallest absolute Gasteiger partial charge is 0.0346 e. The molecule has 1 aromatic carbocycles. The molecule has 96 valence electrons. The largest absolute Gasteiger partial charge is 0.264 e. The molecule has 0 spiro atoms. The van der Waals surface area contributed by atoms with Crippen molar-refractivity contribution in [3.05, 3.63) is 42.2 Å². The van der Waals surface area contributed by atoms with Crippen LogP contribution in [0.15, 0.2) is 36.7 Å². The SMILES string of the molecule is CC1CCCC1.CCc1cccc2cnccc12. The maximum atomic E-state index is 4.09. The monoisotopic (exact) mass is 241 g/mol. The van der Waals surface area contributed by atoms with Gasteiger partial charge in [0.25, 0.3) is 0 Å². The molecule has 0 amide bonds. The average Bonchev–Trinajstić information content (AvgIpc) is 2.90. The molecule has 0 unspecified atom stereocenters. The summed E-state index contributed by atoms with van der Waals surface area (Å²) in [5, 5.41) is 2.56. The highest BCUT2D eigenvalue weighted by atomic mass is 14.6. The third-order valence-electron chi connectivity index (χ3n) is 3.80. The Hall–Kier alpha value is -1.37. The second-order valence-electron chi connectivity index (χ2n) is 5.26. The predicted octanol–water partition coefficient (Wildman–Crippen LogP) is 4.99. The molecule has 1 aromatic heterocycles. The van der Waals surface area contributed by atoms with Crippen LogP contribution >= 0.6 is 0 Å². The van der Waals surface area contributed by atoms with E-state index >= 15 is 0 Å². The van der Waals surface area contributed by atoms with Crippen molar-refractivity contribution in [2.45, 2.75) is 46.0 Å². The zero-order valence-corrected chi connectivity index (χ0v) is 11.5. The van der Waals surface area contributed by atoms with Crippen LogP contribution in [0.5, 0.6) is 0 Å². The number of hydrogen-bond acceptors (Lipinski definition) is 1. The fourth-order valence-electron chi connectivity index (χ4n) is 2.63. The summed E-state index contributed by atoms with van der Waals surface area (Å²) in [6, 6.07) is 8.43. The number of nitrogens with zero attached hydrogens (tertiary/aromatic N) is 1. The van der Waals surface area contributed by atoms with E-state index in [2.05, 4.69) is 43.1 Å². The van der Waals surface area contributed by atoms with Crippen molar-refractivity contribution in [3.63, 3.8) is 0 Å². The Morgan fingerprint density at radius 2 is 1.94 bits per heavy atom. The minimum absolute atomic E-state index is 1.05. The third-order valence-corrected chi connectivity index (χ3v) is 3.80. The number of aryl methyl sites for hydroxylation is 1. The van der Waals surface area contributed by atoms with Gasteiger partial charge in [0.15, 0.2) is 0 Å². The van der Waals surface area contributed by atoms with Gasteiger partial charge in [-0.3, -0.25) is 4.98 Å². The lowest BCUT2D eigenvalue weighted by Gasteiger charge is -2.01. The van der Waals surface area contributed by atoms with Crippen molar-refractivity contribution < 1.29 is 0 Å². The standard InChI is InChI=1S/C11H11N.C6H12/c1-2-9-4-3-5-10-8-12-7-6-11(9)10;1-6-4-2-3-5-6/h3-8H,2H2,1H3;6H,2-5H2,1H3. The van der Waals surface area contributed by atoms with E-state index in [0.717, 1.165) is 12.3 Å². The molecule has 18 heavy (non-hydrogen) atoms. The summed E-state index contributed by atoms with van der Waals surface area (Å²) in [7, 11) is 0. The molecule has 0 aliphatic heterocycles. The van der Waals surface area contributed by atoms with Gasteiger partial charge in [-0.1, -0.05) is 57.7 Å². The molecular formula is C17H23N. The molecule has 1 saturated carbocycles. The molecule has 1 heteroatoms. The molecule has 0 atom stereocenters. The maximum absolute atomic E-state index is 4.09. The van der Waals surface area contributed by atoms with E-state index in [1.165, 1.54) is 42.0 Å². The summed E-state index contributed by atoms with van der Waals surface area (Å²) in [6.07, 6.45) is 10.8. The lowest BCUT2D eigenvalue weighted by atomic mass is 10.1. The van der Waals surface area contributed by atoms with Gasteiger partial charge >= 0.3 is 0 Å². The number of aromatic nitrogens is 1. The summed E-state index contributed by atoms with van der Waals surface area (Å²) in [5.41, 5.74) is 1.40. The zero-order chi connectivity index (χ0) is 12.8. The van der Waals surface area contributed by atoms with Gasteiger partial charge in [0.2, 0.25) is 0 Å². The molecule has 1 heterocycles. The first-order valence-corrected chi connectivity index (χ1v) is 7.13. The highest BCUT2D eigenvalue weighted by Gasteiger charge is 2.07. The predicted molar refractivity (Wildman–Crippen MR) is 78.8 cm³/mol. The van der Waals surface area contributed by atoms with Gasteiger partial charge in [-0.05, 0) is 29.4 Å². The molecule has 0 radical (unpaired) electrons. The Morgan fingerprint density at radius 1 is 1.17 bits per heavy atom. The number of rotatable bonds is 1. The lowest BCUT2D eigenvalue weighted by Crippen LogP contribution is -1.83. The Balaban J connectivity index is 0.000000169. The van der Waals surface area contributed by atoms with Gasteiger partial charge in [0.05, 0.1) is 0 Å². The van der Waals surface area contributed by atoms with Crippen LogP contribution in [0.1, 0.15) is 45.1 Å². The fourth-order valence-corrected chi connectivity index (χ4v) is 2.63. The normalized spacial score (nSPS) is 15.4. The molecule has 1 nitrogen and oxygen atoms in total. The fraction of sp³-hybridized carbons (Fsp3) is 0.471. The van der Waals surface area contributed by atoms with Gasteiger partial charge < -0.3 is 0 Å². The van der Waals surface area contributed by atoms with Crippen LogP contribution in [0.3, 0.4) is 0 Å². The van der Waals surface area contributed by atoms with Crippen LogP contribution in [0.2, 0.25) is 0 Å². The first-order chi connectivity index (χ1) is 8.81. The van der Waals surface area contributed by atoms with Crippen molar-refractivity contribution >= 4 is 10.8 Å². The molecule has 1 fully saturated rings. The Kier molecular flexibility index (Phi) is 4.74.